The van der Waals surface area contributed by atoms with Crippen LogP contribution in [0.1, 0.15) is 25.7 Å². The number of carboxylic acid groups (broad SMARTS) is 1. The minimum atomic E-state index is -0.589. The van der Waals surface area contributed by atoms with Gasteiger partial charge in [-0.2, -0.15) is 0 Å². The normalized spacial score (nSPS) is 40.8. The van der Waals surface area contributed by atoms with E-state index in [2.05, 4.69) is 5.32 Å². The molecule has 1 saturated heterocycles. The summed E-state index contributed by atoms with van der Waals surface area (Å²) in [6.07, 6.45) is 4.30. The van der Waals surface area contributed by atoms with Crippen LogP contribution in [0.4, 0.5) is 0 Å². The van der Waals surface area contributed by atoms with Crippen molar-refractivity contribution < 1.29 is 9.90 Å². The maximum atomic E-state index is 10.9. The summed E-state index contributed by atoms with van der Waals surface area (Å²) in [7, 11) is 0. The van der Waals surface area contributed by atoms with Gasteiger partial charge < -0.3 is 10.4 Å². The van der Waals surface area contributed by atoms with Crippen LogP contribution in [-0.2, 0) is 4.79 Å². The zero-order valence-electron chi connectivity index (χ0n) is 7.12. The first kappa shape index (κ1) is 8.05. The van der Waals surface area contributed by atoms with Crippen LogP contribution in [0.3, 0.4) is 0 Å². The van der Waals surface area contributed by atoms with Gasteiger partial charge in [0.25, 0.3) is 0 Å². The number of rotatable bonds is 1. The number of nitrogens with one attached hydrogen (secondary N) is 1. The number of hydrogen-bond acceptors (Lipinski definition) is 2. The zero-order valence-corrected chi connectivity index (χ0v) is 7.12. The molecule has 2 N–H and O–H groups in total. The summed E-state index contributed by atoms with van der Waals surface area (Å²) in [6.45, 7) is 0.887. The van der Waals surface area contributed by atoms with E-state index in [1.165, 1.54) is 12.8 Å². The molecule has 0 aromatic heterocycles. The van der Waals surface area contributed by atoms with Gasteiger partial charge in [0.15, 0.2) is 0 Å². The summed E-state index contributed by atoms with van der Waals surface area (Å²) in [5.41, 5.74) is 0. The second-order valence-corrected chi connectivity index (χ2v) is 3.89. The SMILES string of the molecule is O=C(O)[C@@H]1CCN[C@@H]2CCC[C@H]21. The van der Waals surface area contributed by atoms with E-state index in [0.29, 0.717) is 12.0 Å². The molecule has 0 amide bonds. The molecule has 1 saturated carbocycles. The van der Waals surface area contributed by atoms with Crippen molar-refractivity contribution in [1.29, 1.82) is 0 Å². The van der Waals surface area contributed by atoms with Crippen molar-refractivity contribution in [2.45, 2.75) is 31.7 Å². The van der Waals surface area contributed by atoms with Crippen LogP contribution in [0.5, 0.6) is 0 Å². The lowest BCUT2D eigenvalue weighted by Crippen LogP contribution is -2.45. The minimum Gasteiger partial charge on any atom is -0.481 e. The smallest absolute Gasteiger partial charge is 0.306 e. The third kappa shape index (κ3) is 1.22. The molecule has 2 fully saturated rings. The fourth-order valence-electron chi connectivity index (χ4n) is 2.67. The first-order valence-corrected chi connectivity index (χ1v) is 4.75. The molecule has 0 unspecified atom stereocenters. The van der Waals surface area contributed by atoms with E-state index >= 15 is 0 Å². The highest BCUT2D eigenvalue weighted by atomic mass is 16.4. The molecule has 1 aliphatic carbocycles. The van der Waals surface area contributed by atoms with Crippen molar-refractivity contribution in [3.05, 3.63) is 0 Å². The molecule has 1 heterocycles. The Kier molecular flexibility index (Phi) is 2.05. The lowest BCUT2D eigenvalue weighted by Gasteiger charge is -2.32. The van der Waals surface area contributed by atoms with E-state index in [1.807, 2.05) is 0 Å². The molecule has 3 nitrogen and oxygen atoms in total. The molecule has 2 aliphatic rings. The van der Waals surface area contributed by atoms with Crippen LogP contribution in [0.2, 0.25) is 0 Å². The Hall–Kier alpha value is -0.570. The average Bonchev–Trinajstić information content (AvgIpc) is 2.49. The van der Waals surface area contributed by atoms with Gasteiger partial charge in [-0.15, -0.1) is 0 Å². The number of carbonyl (C=O) groups is 1. The zero-order chi connectivity index (χ0) is 8.55. The van der Waals surface area contributed by atoms with E-state index in [9.17, 15) is 4.79 Å². The lowest BCUT2D eigenvalue weighted by atomic mass is 9.82. The van der Waals surface area contributed by atoms with Gasteiger partial charge in [-0.25, -0.2) is 0 Å². The minimum absolute atomic E-state index is 0.0706. The molecule has 68 valence electrons. The van der Waals surface area contributed by atoms with Gasteiger partial charge in [-0.3, -0.25) is 4.79 Å². The van der Waals surface area contributed by atoms with Gasteiger partial charge in [0.2, 0.25) is 0 Å². The van der Waals surface area contributed by atoms with E-state index in [-0.39, 0.29) is 5.92 Å². The van der Waals surface area contributed by atoms with Gasteiger partial charge in [-0.05, 0) is 31.7 Å². The Labute approximate surface area is 72.2 Å². The van der Waals surface area contributed by atoms with Gasteiger partial charge in [-0.1, -0.05) is 6.42 Å². The van der Waals surface area contributed by atoms with Gasteiger partial charge in [0, 0.05) is 6.04 Å². The topological polar surface area (TPSA) is 49.3 Å². The molecule has 3 heteroatoms. The molecule has 0 bridgehead atoms. The van der Waals surface area contributed by atoms with E-state index < -0.39 is 5.97 Å². The van der Waals surface area contributed by atoms with Gasteiger partial charge >= 0.3 is 5.97 Å². The molecule has 12 heavy (non-hydrogen) atoms. The highest BCUT2D eigenvalue weighted by Gasteiger charge is 2.39. The highest BCUT2D eigenvalue weighted by molar-refractivity contribution is 5.70. The molecule has 3 atom stereocenters. The Morgan fingerprint density at radius 3 is 2.92 bits per heavy atom. The van der Waals surface area contributed by atoms with Crippen LogP contribution >= 0.6 is 0 Å². The number of hydrogen-bond donors (Lipinski definition) is 2. The second-order valence-electron chi connectivity index (χ2n) is 3.89. The van der Waals surface area contributed by atoms with Crippen LogP contribution in [-0.4, -0.2) is 23.7 Å². The van der Waals surface area contributed by atoms with Crippen LogP contribution in [0.25, 0.3) is 0 Å². The van der Waals surface area contributed by atoms with Gasteiger partial charge in [0.05, 0.1) is 5.92 Å². The third-order valence-electron chi connectivity index (χ3n) is 3.27. The number of piperidine rings is 1. The first-order chi connectivity index (χ1) is 5.79. The highest BCUT2D eigenvalue weighted by Crippen LogP contribution is 2.36. The first-order valence-electron chi connectivity index (χ1n) is 4.75. The molecule has 0 radical (unpaired) electrons. The van der Waals surface area contributed by atoms with E-state index in [4.69, 9.17) is 5.11 Å². The standard InChI is InChI=1S/C9H15NO2/c11-9(12)7-4-5-10-8-3-1-2-6(7)8/h6-8,10H,1-5H2,(H,11,12)/t6-,7+,8+/m0/s1. The summed E-state index contributed by atoms with van der Waals surface area (Å²) in [5, 5.41) is 12.4. The summed E-state index contributed by atoms with van der Waals surface area (Å²) < 4.78 is 0. The monoisotopic (exact) mass is 169 g/mol. The maximum absolute atomic E-state index is 10.9. The maximum Gasteiger partial charge on any atom is 0.306 e. The van der Waals surface area contributed by atoms with Gasteiger partial charge in [0.1, 0.15) is 0 Å². The molecule has 0 spiro atoms. The summed E-state index contributed by atoms with van der Waals surface area (Å²) in [4.78, 5) is 10.9. The van der Waals surface area contributed by atoms with E-state index in [1.54, 1.807) is 0 Å². The van der Waals surface area contributed by atoms with Crippen LogP contribution < -0.4 is 5.32 Å². The van der Waals surface area contributed by atoms with Crippen molar-refractivity contribution >= 4 is 5.97 Å². The number of fused-ring (bicyclic) bond motifs is 1. The van der Waals surface area contributed by atoms with Crippen molar-refractivity contribution in [2.24, 2.45) is 11.8 Å². The predicted octanol–water partition coefficient (Wildman–Crippen LogP) is 0.849. The molecular weight excluding hydrogens is 154 g/mol. The molecular formula is C9H15NO2. The Balaban J connectivity index is 2.08. The van der Waals surface area contributed by atoms with Crippen molar-refractivity contribution in [1.82, 2.24) is 5.32 Å². The lowest BCUT2D eigenvalue weighted by molar-refractivity contribution is -0.145. The number of carboxylic acids is 1. The molecule has 0 aromatic carbocycles. The summed E-state index contributed by atoms with van der Waals surface area (Å²) in [6, 6.07) is 0.500. The quantitative estimate of drug-likeness (QED) is 0.611. The van der Waals surface area contributed by atoms with Crippen LogP contribution in [0.15, 0.2) is 0 Å². The fourth-order valence-corrected chi connectivity index (χ4v) is 2.67. The summed E-state index contributed by atoms with van der Waals surface area (Å²) >= 11 is 0. The Morgan fingerprint density at radius 2 is 2.17 bits per heavy atom. The van der Waals surface area contributed by atoms with Crippen molar-refractivity contribution in [3.63, 3.8) is 0 Å². The van der Waals surface area contributed by atoms with Crippen molar-refractivity contribution in [3.8, 4) is 0 Å². The third-order valence-corrected chi connectivity index (χ3v) is 3.27. The van der Waals surface area contributed by atoms with E-state index in [0.717, 1.165) is 19.4 Å². The molecule has 1 aliphatic heterocycles. The predicted molar refractivity (Wildman–Crippen MR) is 44.9 cm³/mol. The second kappa shape index (κ2) is 3.05. The van der Waals surface area contributed by atoms with Crippen molar-refractivity contribution in [2.75, 3.05) is 6.54 Å². The number of aliphatic carboxylic acids is 1. The average molecular weight is 169 g/mol. The Bertz CT molecular complexity index is 193. The fraction of sp³-hybridized carbons (Fsp3) is 0.889. The largest absolute Gasteiger partial charge is 0.481 e. The molecule has 0 aromatic rings. The Morgan fingerprint density at radius 1 is 1.33 bits per heavy atom. The van der Waals surface area contributed by atoms with Crippen LogP contribution in [0, 0.1) is 11.8 Å². The molecule has 2 rings (SSSR count). The summed E-state index contributed by atoms with van der Waals surface area (Å²) in [5.74, 6) is -0.247.